The Morgan fingerprint density at radius 2 is 1.86 bits per heavy atom. The minimum Gasteiger partial charge on any atom is -0.497 e. The molecule has 142 valence electrons. The summed E-state index contributed by atoms with van der Waals surface area (Å²) in [4.78, 5) is 23.4. The molecule has 1 aliphatic heterocycles. The molecular formula is C21H20N4O3. The first-order valence-corrected chi connectivity index (χ1v) is 8.90. The zero-order valence-corrected chi connectivity index (χ0v) is 15.7. The second-order valence-electron chi connectivity index (χ2n) is 6.32. The van der Waals surface area contributed by atoms with E-state index in [4.69, 9.17) is 9.47 Å². The predicted molar refractivity (Wildman–Crippen MR) is 107 cm³/mol. The van der Waals surface area contributed by atoms with Gasteiger partial charge in [-0.1, -0.05) is 18.2 Å². The van der Waals surface area contributed by atoms with E-state index < -0.39 is 0 Å². The van der Waals surface area contributed by atoms with Crippen LogP contribution in [0.4, 0.5) is 17.3 Å². The maximum Gasteiger partial charge on any atom is 0.258 e. The molecule has 0 radical (unpaired) electrons. The monoisotopic (exact) mass is 376 g/mol. The van der Waals surface area contributed by atoms with E-state index in [1.165, 1.54) is 25.1 Å². The number of nitrogens with one attached hydrogen (secondary N) is 1. The summed E-state index contributed by atoms with van der Waals surface area (Å²) >= 11 is 0. The van der Waals surface area contributed by atoms with Gasteiger partial charge in [0, 0.05) is 30.7 Å². The Kier molecular flexibility index (Phi) is 4.80. The lowest BCUT2D eigenvalue weighted by Gasteiger charge is -2.17. The number of amides is 1. The van der Waals surface area contributed by atoms with E-state index in [9.17, 15) is 4.79 Å². The number of aromatic nitrogens is 2. The number of carbonyl (C=O) groups excluding carboxylic acids is 1. The van der Waals surface area contributed by atoms with Crippen LogP contribution in [0, 0.1) is 0 Å². The van der Waals surface area contributed by atoms with Crippen molar-refractivity contribution < 1.29 is 14.3 Å². The van der Waals surface area contributed by atoms with Gasteiger partial charge in [-0.05, 0) is 30.2 Å². The van der Waals surface area contributed by atoms with Crippen LogP contribution in [-0.4, -0.2) is 36.6 Å². The van der Waals surface area contributed by atoms with Gasteiger partial charge in [-0.3, -0.25) is 4.79 Å². The molecular weight excluding hydrogens is 356 g/mol. The molecule has 0 bridgehead atoms. The van der Waals surface area contributed by atoms with Crippen molar-refractivity contribution in [1.82, 2.24) is 9.97 Å². The quantitative estimate of drug-likeness (QED) is 0.735. The third kappa shape index (κ3) is 3.34. The van der Waals surface area contributed by atoms with E-state index in [2.05, 4.69) is 32.3 Å². The van der Waals surface area contributed by atoms with Gasteiger partial charge >= 0.3 is 0 Å². The number of ether oxygens (including phenoxy) is 2. The topological polar surface area (TPSA) is 76.6 Å². The van der Waals surface area contributed by atoms with Gasteiger partial charge in [-0.2, -0.15) is 0 Å². The number of fused-ring (bicyclic) bond motifs is 1. The molecule has 0 fully saturated rings. The Labute approximate surface area is 163 Å². The van der Waals surface area contributed by atoms with E-state index in [0.29, 0.717) is 28.7 Å². The summed E-state index contributed by atoms with van der Waals surface area (Å²) in [6, 6.07) is 13.4. The zero-order valence-electron chi connectivity index (χ0n) is 15.7. The lowest BCUT2D eigenvalue weighted by atomic mass is 10.2. The SMILES string of the molecule is COc1ccc(NC(=O)c2cnc(N3CCc4ccccc43)nc2)c(OC)c1. The molecule has 0 saturated heterocycles. The standard InChI is InChI=1S/C21H20N4O3/c1-27-16-7-8-17(19(11-16)28-2)24-20(26)15-12-22-21(23-13-15)25-10-9-14-5-3-4-6-18(14)25/h3-8,11-13H,9-10H2,1-2H3,(H,24,26). The Morgan fingerprint density at radius 3 is 2.61 bits per heavy atom. The fourth-order valence-electron chi connectivity index (χ4n) is 3.22. The van der Waals surface area contributed by atoms with Crippen molar-refractivity contribution in [3.05, 3.63) is 66.0 Å². The van der Waals surface area contributed by atoms with E-state index in [1.54, 1.807) is 25.3 Å². The molecule has 0 saturated carbocycles. The molecule has 7 nitrogen and oxygen atoms in total. The van der Waals surface area contributed by atoms with Gasteiger partial charge in [-0.15, -0.1) is 0 Å². The van der Waals surface area contributed by atoms with Gasteiger partial charge in [0.25, 0.3) is 5.91 Å². The van der Waals surface area contributed by atoms with Gasteiger partial charge in [-0.25, -0.2) is 9.97 Å². The van der Waals surface area contributed by atoms with Crippen LogP contribution in [0.15, 0.2) is 54.9 Å². The van der Waals surface area contributed by atoms with E-state index in [1.807, 2.05) is 12.1 Å². The Hall–Kier alpha value is -3.61. The number of nitrogens with zero attached hydrogens (tertiary/aromatic N) is 3. The fourth-order valence-corrected chi connectivity index (χ4v) is 3.22. The van der Waals surface area contributed by atoms with Crippen LogP contribution in [-0.2, 0) is 6.42 Å². The summed E-state index contributed by atoms with van der Waals surface area (Å²) < 4.78 is 10.5. The first-order valence-electron chi connectivity index (χ1n) is 8.90. The number of methoxy groups -OCH3 is 2. The summed E-state index contributed by atoms with van der Waals surface area (Å²) in [5.41, 5.74) is 3.31. The van der Waals surface area contributed by atoms with Gasteiger partial charge < -0.3 is 19.7 Å². The smallest absolute Gasteiger partial charge is 0.258 e. The minimum atomic E-state index is -0.308. The molecule has 2 aromatic carbocycles. The molecule has 0 unspecified atom stereocenters. The number of carbonyl (C=O) groups is 1. The number of hydrogen-bond acceptors (Lipinski definition) is 6. The highest BCUT2D eigenvalue weighted by Gasteiger charge is 2.22. The molecule has 1 amide bonds. The predicted octanol–water partition coefficient (Wildman–Crippen LogP) is 3.44. The van der Waals surface area contributed by atoms with Crippen molar-refractivity contribution in [3.8, 4) is 11.5 Å². The zero-order chi connectivity index (χ0) is 19.5. The van der Waals surface area contributed by atoms with E-state index in [-0.39, 0.29) is 5.91 Å². The summed E-state index contributed by atoms with van der Waals surface area (Å²) in [6.45, 7) is 0.827. The molecule has 0 spiro atoms. The molecule has 3 aromatic rings. The highest BCUT2D eigenvalue weighted by atomic mass is 16.5. The average molecular weight is 376 g/mol. The maximum absolute atomic E-state index is 12.6. The van der Waals surface area contributed by atoms with Crippen LogP contribution in [0.2, 0.25) is 0 Å². The van der Waals surface area contributed by atoms with Gasteiger partial charge in [0.15, 0.2) is 0 Å². The maximum atomic E-state index is 12.6. The van der Waals surface area contributed by atoms with Crippen LogP contribution < -0.4 is 19.7 Å². The molecule has 4 rings (SSSR count). The molecule has 0 atom stereocenters. The highest BCUT2D eigenvalue weighted by Crippen LogP contribution is 2.32. The lowest BCUT2D eigenvalue weighted by Crippen LogP contribution is -2.18. The first kappa shape index (κ1) is 17.8. The molecule has 1 N–H and O–H groups in total. The second kappa shape index (κ2) is 7.56. The van der Waals surface area contributed by atoms with Crippen molar-refractivity contribution in [1.29, 1.82) is 0 Å². The van der Waals surface area contributed by atoms with Crippen LogP contribution in [0.3, 0.4) is 0 Å². The molecule has 1 aliphatic rings. The molecule has 7 heteroatoms. The van der Waals surface area contributed by atoms with Crippen molar-refractivity contribution in [2.45, 2.75) is 6.42 Å². The second-order valence-corrected chi connectivity index (χ2v) is 6.32. The van der Waals surface area contributed by atoms with Crippen LogP contribution >= 0.6 is 0 Å². The van der Waals surface area contributed by atoms with Crippen molar-refractivity contribution in [3.63, 3.8) is 0 Å². The first-order chi connectivity index (χ1) is 13.7. The number of anilines is 3. The summed E-state index contributed by atoms with van der Waals surface area (Å²) in [7, 11) is 3.11. The fraction of sp³-hybridized carbons (Fsp3) is 0.190. The third-order valence-corrected chi connectivity index (χ3v) is 4.69. The van der Waals surface area contributed by atoms with Crippen molar-refractivity contribution in [2.24, 2.45) is 0 Å². The molecule has 2 heterocycles. The van der Waals surface area contributed by atoms with Crippen LogP contribution in [0.1, 0.15) is 15.9 Å². The largest absolute Gasteiger partial charge is 0.497 e. The number of rotatable bonds is 5. The van der Waals surface area contributed by atoms with Crippen LogP contribution in [0.5, 0.6) is 11.5 Å². The summed E-state index contributed by atoms with van der Waals surface area (Å²) in [5, 5.41) is 2.82. The highest BCUT2D eigenvalue weighted by molar-refractivity contribution is 6.04. The Bertz CT molecular complexity index is 1000. The molecule has 28 heavy (non-hydrogen) atoms. The van der Waals surface area contributed by atoms with E-state index in [0.717, 1.165) is 18.7 Å². The summed E-state index contributed by atoms with van der Waals surface area (Å²) in [5.74, 6) is 1.44. The minimum absolute atomic E-state index is 0.308. The Balaban J connectivity index is 1.51. The molecule has 0 aliphatic carbocycles. The number of benzene rings is 2. The number of hydrogen-bond donors (Lipinski definition) is 1. The van der Waals surface area contributed by atoms with Gasteiger partial charge in [0.1, 0.15) is 11.5 Å². The normalized spacial score (nSPS) is 12.4. The summed E-state index contributed by atoms with van der Waals surface area (Å²) in [6.07, 6.45) is 4.03. The van der Waals surface area contributed by atoms with E-state index >= 15 is 0 Å². The lowest BCUT2D eigenvalue weighted by molar-refractivity contribution is 0.102. The van der Waals surface area contributed by atoms with Crippen molar-refractivity contribution >= 4 is 23.2 Å². The number of para-hydroxylation sites is 1. The Morgan fingerprint density at radius 1 is 1.07 bits per heavy atom. The van der Waals surface area contributed by atoms with Gasteiger partial charge in [0.2, 0.25) is 5.95 Å². The third-order valence-electron chi connectivity index (χ3n) is 4.69. The van der Waals surface area contributed by atoms with Gasteiger partial charge in [0.05, 0.1) is 25.5 Å². The van der Waals surface area contributed by atoms with Crippen molar-refractivity contribution in [2.75, 3.05) is 31.0 Å². The molecule has 1 aromatic heterocycles. The average Bonchev–Trinajstić information content (AvgIpc) is 3.18. The van der Waals surface area contributed by atoms with Crippen LogP contribution in [0.25, 0.3) is 0 Å².